The molecule has 0 saturated heterocycles. The SMILES string of the molecule is CCCCCC/C=C\C/C=C\CCCCCCCCCC(=O)OC(COC(=O)CCCCCCCCCCCCCCCCCCCCCCCCCCCCC)COP(=O)(O)OCCN. The van der Waals surface area contributed by atoms with Crippen LogP contribution in [-0.2, 0) is 32.7 Å². The van der Waals surface area contributed by atoms with Gasteiger partial charge in [0.25, 0.3) is 0 Å². The number of hydrogen-bond donors (Lipinski definition) is 2. The van der Waals surface area contributed by atoms with E-state index in [0.717, 1.165) is 51.4 Å². The maximum Gasteiger partial charge on any atom is 0.472 e. The van der Waals surface area contributed by atoms with Gasteiger partial charge in [-0.15, -0.1) is 0 Å². The highest BCUT2D eigenvalue weighted by molar-refractivity contribution is 7.47. The Morgan fingerprint density at radius 1 is 0.455 bits per heavy atom. The van der Waals surface area contributed by atoms with Crippen molar-refractivity contribution in [1.82, 2.24) is 0 Å². The van der Waals surface area contributed by atoms with Crippen LogP contribution in [0.25, 0.3) is 0 Å². The number of carbonyl (C=O) groups excluding carboxylic acids is 2. The number of esters is 2. The Morgan fingerprint density at radius 3 is 1.17 bits per heavy atom. The Labute approximate surface area is 408 Å². The molecule has 0 aliphatic heterocycles. The summed E-state index contributed by atoms with van der Waals surface area (Å²) in [5, 5.41) is 0. The number of hydrogen-bond acceptors (Lipinski definition) is 8. The number of rotatable bonds is 54. The molecule has 2 unspecified atom stereocenters. The van der Waals surface area contributed by atoms with E-state index in [0.29, 0.717) is 6.42 Å². The van der Waals surface area contributed by atoms with Gasteiger partial charge in [0.1, 0.15) is 6.61 Å². The first-order valence-corrected chi connectivity index (χ1v) is 29.8. The quantitative estimate of drug-likeness (QED) is 0.0264. The van der Waals surface area contributed by atoms with Crippen molar-refractivity contribution < 1.29 is 37.6 Å². The molecule has 10 heteroatoms. The summed E-state index contributed by atoms with van der Waals surface area (Å²) in [6.45, 7) is 3.77. The van der Waals surface area contributed by atoms with Crippen molar-refractivity contribution >= 4 is 19.8 Å². The molecule has 0 radical (unpaired) electrons. The Balaban J connectivity index is 3.92. The van der Waals surface area contributed by atoms with Crippen LogP contribution in [0.15, 0.2) is 24.3 Å². The van der Waals surface area contributed by atoms with Gasteiger partial charge < -0.3 is 20.1 Å². The monoisotopic (exact) mass is 954 g/mol. The van der Waals surface area contributed by atoms with Gasteiger partial charge in [-0.1, -0.05) is 256 Å². The van der Waals surface area contributed by atoms with Crippen molar-refractivity contribution in [3.63, 3.8) is 0 Å². The van der Waals surface area contributed by atoms with Crippen LogP contribution in [0.4, 0.5) is 0 Å². The molecule has 0 aromatic carbocycles. The zero-order valence-corrected chi connectivity index (χ0v) is 44.3. The highest BCUT2D eigenvalue weighted by Crippen LogP contribution is 2.43. The fourth-order valence-electron chi connectivity index (χ4n) is 8.37. The van der Waals surface area contributed by atoms with Gasteiger partial charge in [0.2, 0.25) is 0 Å². The molecule has 9 nitrogen and oxygen atoms in total. The molecule has 390 valence electrons. The van der Waals surface area contributed by atoms with E-state index in [1.54, 1.807) is 0 Å². The van der Waals surface area contributed by atoms with Crippen molar-refractivity contribution in [2.75, 3.05) is 26.4 Å². The van der Waals surface area contributed by atoms with E-state index in [2.05, 4.69) is 38.2 Å². The number of allylic oxidation sites excluding steroid dienone is 4. The van der Waals surface area contributed by atoms with Gasteiger partial charge in [-0.05, 0) is 44.9 Å². The second kappa shape index (κ2) is 52.9. The maximum absolute atomic E-state index is 12.7. The average Bonchev–Trinajstić information content (AvgIpc) is 3.31. The van der Waals surface area contributed by atoms with Gasteiger partial charge in [-0.2, -0.15) is 0 Å². The lowest BCUT2D eigenvalue weighted by Crippen LogP contribution is -2.29. The lowest BCUT2D eigenvalue weighted by molar-refractivity contribution is -0.161. The van der Waals surface area contributed by atoms with Gasteiger partial charge in [0.05, 0.1) is 13.2 Å². The number of carbonyl (C=O) groups is 2. The fourth-order valence-corrected chi connectivity index (χ4v) is 9.14. The summed E-state index contributed by atoms with van der Waals surface area (Å²) in [5.41, 5.74) is 5.37. The molecule has 0 saturated carbocycles. The van der Waals surface area contributed by atoms with Gasteiger partial charge in [0, 0.05) is 19.4 Å². The van der Waals surface area contributed by atoms with Crippen molar-refractivity contribution in [1.29, 1.82) is 0 Å². The molecule has 0 aliphatic rings. The van der Waals surface area contributed by atoms with E-state index >= 15 is 0 Å². The molecule has 0 amide bonds. The minimum Gasteiger partial charge on any atom is -0.462 e. The third kappa shape index (κ3) is 51.9. The zero-order chi connectivity index (χ0) is 48.1. The summed E-state index contributed by atoms with van der Waals surface area (Å²) in [5.74, 6) is -0.821. The number of nitrogens with two attached hydrogens (primary N) is 1. The van der Waals surface area contributed by atoms with Crippen LogP contribution >= 0.6 is 7.82 Å². The smallest absolute Gasteiger partial charge is 0.462 e. The van der Waals surface area contributed by atoms with Crippen LogP contribution < -0.4 is 5.73 Å². The Morgan fingerprint density at radius 2 is 0.788 bits per heavy atom. The number of ether oxygens (including phenoxy) is 2. The van der Waals surface area contributed by atoms with Gasteiger partial charge in [-0.3, -0.25) is 18.6 Å². The minimum atomic E-state index is -4.38. The van der Waals surface area contributed by atoms with Gasteiger partial charge in [0.15, 0.2) is 6.10 Å². The lowest BCUT2D eigenvalue weighted by atomic mass is 10.0. The molecule has 3 N–H and O–H groups in total. The van der Waals surface area contributed by atoms with Crippen LogP contribution in [-0.4, -0.2) is 49.3 Å². The first-order chi connectivity index (χ1) is 32.3. The standard InChI is InChI=1S/C56H108NO8P/c1-3-5-7-9-11-13-15-17-19-21-23-24-25-26-27-28-29-30-31-33-34-36-38-40-42-44-46-48-55(58)62-52-54(53-64-66(60,61)63-51-50-57)65-56(59)49-47-45-43-41-39-37-35-32-22-20-18-16-14-12-10-8-6-4-2/h14,16,20,22,54H,3-13,15,17-19,21,23-53,57H2,1-2H3,(H,60,61)/b16-14-,22-20-. The number of phosphoric ester groups is 1. The van der Waals surface area contributed by atoms with Gasteiger partial charge >= 0.3 is 19.8 Å². The predicted octanol–water partition coefficient (Wildman–Crippen LogP) is 17.5. The largest absolute Gasteiger partial charge is 0.472 e. The Kier molecular flexibility index (Phi) is 51.6. The number of unbranched alkanes of at least 4 members (excludes halogenated alkanes) is 37. The summed E-state index contributed by atoms with van der Waals surface area (Å²) in [4.78, 5) is 35.1. The minimum absolute atomic E-state index is 0.0539. The van der Waals surface area contributed by atoms with Crippen molar-refractivity contribution in [3.8, 4) is 0 Å². The third-order valence-corrected chi connectivity index (χ3v) is 13.6. The van der Waals surface area contributed by atoms with Crippen molar-refractivity contribution in [2.45, 2.75) is 296 Å². The molecular weight excluding hydrogens is 846 g/mol. The maximum atomic E-state index is 12.7. The van der Waals surface area contributed by atoms with Crippen LogP contribution in [0, 0.1) is 0 Å². The lowest BCUT2D eigenvalue weighted by Gasteiger charge is -2.19. The van der Waals surface area contributed by atoms with E-state index in [-0.39, 0.29) is 38.6 Å². The molecular formula is C56H108NO8P. The molecule has 0 aromatic rings. The first kappa shape index (κ1) is 64.5. The molecule has 0 rings (SSSR count). The predicted molar refractivity (Wildman–Crippen MR) is 280 cm³/mol. The van der Waals surface area contributed by atoms with Crippen LogP contribution in [0.2, 0.25) is 0 Å². The molecule has 0 aromatic heterocycles. The van der Waals surface area contributed by atoms with Crippen molar-refractivity contribution in [3.05, 3.63) is 24.3 Å². The molecule has 0 heterocycles. The fraction of sp³-hybridized carbons (Fsp3) is 0.893. The molecule has 0 fully saturated rings. The number of phosphoric acid groups is 1. The van der Waals surface area contributed by atoms with E-state index in [1.807, 2.05) is 0 Å². The second-order valence-electron chi connectivity index (χ2n) is 19.2. The molecule has 0 bridgehead atoms. The molecule has 2 atom stereocenters. The van der Waals surface area contributed by atoms with Crippen LogP contribution in [0.5, 0.6) is 0 Å². The zero-order valence-electron chi connectivity index (χ0n) is 43.5. The Bertz CT molecular complexity index is 1130. The highest BCUT2D eigenvalue weighted by Gasteiger charge is 2.26. The summed E-state index contributed by atoms with van der Waals surface area (Å²) in [6, 6.07) is 0. The third-order valence-electron chi connectivity index (χ3n) is 12.6. The summed E-state index contributed by atoms with van der Waals surface area (Å²) in [6.07, 6.45) is 60.9. The van der Waals surface area contributed by atoms with Crippen LogP contribution in [0.1, 0.15) is 290 Å². The molecule has 0 aliphatic carbocycles. The van der Waals surface area contributed by atoms with Crippen LogP contribution in [0.3, 0.4) is 0 Å². The van der Waals surface area contributed by atoms with Crippen molar-refractivity contribution in [2.24, 2.45) is 5.73 Å². The topological polar surface area (TPSA) is 134 Å². The van der Waals surface area contributed by atoms with E-state index in [1.165, 1.54) is 205 Å². The first-order valence-electron chi connectivity index (χ1n) is 28.3. The summed E-state index contributed by atoms with van der Waals surface area (Å²) >= 11 is 0. The van der Waals surface area contributed by atoms with E-state index in [9.17, 15) is 19.0 Å². The molecule has 66 heavy (non-hydrogen) atoms. The summed E-state index contributed by atoms with van der Waals surface area (Å²) < 4.78 is 33.0. The normalized spacial score (nSPS) is 13.2. The second-order valence-corrected chi connectivity index (χ2v) is 20.6. The van der Waals surface area contributed by atoms with Gasteiger partial charge in [-0.25, -0.2) is 4.57 Å². The molecule has 0 spiro atoms. The summed E-state index contributed by atoms with van der Waals surface area (Å²) in [7, 11) is -4.38. The van der Waals surface area contributed by atoms with E-state index < -0.39 is 26.5 Å². The highest BCUT2D eigenvalue weighted by atomic mass is 31.2. The van der Waals surface area contributed by atoms with E-state index in [4.69, 9.17) is 24.3 Å². The Hall–Kier alpha value is -1.51. The average molecular weight is 954 g/mol.